The van der Waals surface area contributed by atoms with Gasteiger partial charge in [-0.25, -0.2) is 0 Å². The molecule has 2 heterocycles. The summed E-state index contributed by atoms with van der Waals surface area (Å²) in [6, 6.07) is 3.81. The van der Waals surface area contributed by atoms with Gasteiger partial charge in [-0.1, -0.05) is 11.6 Å². The summed E-state index contributed by atoms with van der Waals surface area (Å²) in [5, 5.41) is 0. The van der Waals surface area contributed by atoms with Gasteiger partial charge in [0.2, 0.25) is 11.8 Å². The smallest absolute Gasteiger partial charge is 0.222 e. The van der Waals surface area contributed by atoms with Crippen molar-refractivity contribution in [3.63, 3.8) is 0 Å². The zero-order valence-electron chi connectivity index (χ0n) is 10.6. The van der Waals surface area contributed by atoms with E-state index in [1.165, 1.54) is 11.3 Å². The van der Waals surface area contributed by atoms with E-state index in [0.717, 1.165) is 15.6 Å². The monoisotopic (exact) mass is 300 g/mol. The van der Waals surface area contributed by atoms with Crippen LogP contribution in [0.15, 0.2) is 12.1 Å². The maximum Gasteiger partial charge on any atom is 0.222 e. The minimum Gasteiger partial charge on any atom is -0.369 e. The van der Waals surface area contributed by atoms with Gasteiger partial charge in [0.05, 0.1) is 4.34 Å². The number of aryl methyl sites for hydroxylation is 1. The lowest BCUT2D eigenvalue weighted by Crippen LogP contribution is -2.41. The van der Waals surface area contributed by atoms with Gasteiger partial charge in [-0.3, -0.25) is 9.59 Å². The van der Waals surface area contributed by atoms with Gasteiger partial charge in [-0.05, 0) is 31.4 Å². The quantitative estimate of drug-likeness (QED) is 0.925. The first-order valence-corrected chi connectivity index (χ1v) is 7.57. The summed E-state index contributed by atoms with van der Waals surface area (Å²) in [5.74, 6) is -0.173. The highest BCUT2D eigenvalue weighted by Crippen LogP contribution is 2.23. The first kappa shape index (κ1) is 14.3. The molecule has 0 saturated carbocycles. The third-order valence-electron chi connectivity index (χ3n) is 3.46. The van der Waals surface area contributed by atoms with E-state index in [0.29, 0.717) is 32.4 Å². The highest BCUT2D eigenvalue weighted by molar-refractivity contribution is 7.16. The molecule has 1 aliphatic rings. The molecule has 19 heavy (non-hydrogen) atoms. The van der Waals surface area contributed by atoms with E-state index in [1.54, 1.807) is 0 Å². The normalized spacial score (nSPS) is 16.6. The fourth-order valence-corrected chi connectivity index (χ4v) is 3.37. The minimum absolute atomic E-state index is 0.0693. The van der Waals surface area contributed by atoms with Crippen LogP contribution in [0.2, 0.25) is 4.34 Å². The van der Waals surface area contributed by atoms with Crippen LogP contribution in [0, 0.1) is 5.92 Å². The van der Waals surface area contributed by atoms with E-state index in [9.17, 15) is 9.59 Å². The van der Waals surface area contributed by atoms with Crippen molar-refractivity contribution in [3.05, 3.63) is 21.3 Å². The van der Waals surface area contributed by atoms with Crippen molar-refractivity contribution >= 4 is 34.8 Å². The number of hydrogen-bond donors (Lipinski definition) is 1. The summed E-state index contributed by atoms with van der Waals surface area (Å²) in [6.07, 6.45) is 2.60. The molecule has 0 bridgehead atoms. The molecule has 2 amide bonds. The molecule has 0 spiro atoms. The van der Waals surface area contributed by atoms with Crippen molar-refractivity contribution < 1.29 is 9.59 Å². The molecule has 1 aliphatic heterocycles. The highest BCUT2D eigenvalue weighted by Gasteiger charge is 2.25. The van der Waals surface area contributed by atoms with Gasteiger partial charge in [0.15, 0.2) is 0 Å². The molecule has 0 atom stereocenters. The zero-order chi connectivity index (χ0) is 13.8. The minimum atomic E-state index is -0.250. The fourth-order valence-electron chi connectivity index (χ4n) is 2.29. The van der Waals surface area contributed by atoms with Gasteiger partial charge in [0.1, 0.15) is 0 Å². The summed E-state index contributed by atoms with van der Waals surface area (Å²) >= 11 is 7.36. The molecule has 0 unspecified atom stereocenters. The molecule has 0 aliphatic carbocycles. The molecular weight excluding hydrogens is 284 g/mol. The Hall–Kier alpha value is -1.07. The Labute approximate surface area is 121 Å². The molecule has 104 valence electrons. The van der Waals surface area contributed by atoms with E-state index in [2.05, 4.69) is 0 Å². The number of primary amides is 1. The standard InChI is InChI=1S/C13H17ClN2O2S/c14-11-3-1-10(19-11)2-4-12(17)16-7-5-9(6-8-16)13(15)18/h1,3,9H,2,4-8H2,(H2,15,18). The number of halogens is 1. The van der Waals surface area contributed by atoms with E-state index in [-0.39, 0.29) is 17.7 Å². The molecule has 1 saturated heterocycles. The van der Waals surface area contributed by atoms with Crippen LogP contribution >= 0.6 is 22.9 Å². The summed E-state index contributed by atoms with van der Waals surface area (Å²) in [5.41, 5.74) is 5.27. The van der Waals surface area contributed by atoms with Gasteiger partial charge < -0.3 is 10.6 Å². The molecule has 0 radical (unpaired) electrons. The fraction of sp³-hybridized carbons (Fsp3) is 0.538. The third kappa shape index (κ3) is 3.94. The SMILES string of the molecule is NC(=O)C1CCN(C(=O)CCc2ccc(Cl)s2)CC1. The highest BCUT2D eigenvalue weighted by atomic mass is 35.5. The van der Waals surface area contributed by atoms with Gasteiger partial charge >= 0.3 is 0 Å². The van der Waals surface area contributed by atoms with Crippen LogP contribution in [0.5, 0.6) is 0 Å². The summed E-state index contributed by atoms with van der Waals surface area (Å²) in [7, 11) is 0. The number of likely N-dealkylation sites (tertiary alicyclic amines) is 1. The predicted molar refractivity (Wildman–Crippen MR) is 76.1 cm³/mol. The molecule has 2 N–H and O–H groups in total. The van der Waals surface area contributed by atoms with Crippen LogP contribution in [-0.2, 0) is 16.0 Å². The summed E-state index contributed by atoms with van der Waals surface area (Å²) in [6.45, 7) is 1.27. The molecule has 4 nitrogen and oxygen atoms in total. The molecule has 1 fully saturated rings. The van der Waals surface area contributed by atoms with Crippen LogP contribution in [-0.4, -0.2) is 29.8 Å². The average Bonchev–Trinajstić information content (AvgIpc) is 2.82. The Morgan fingerprint density at radius 1 is 1.37 bits per heavy atom. The number of hydrogen-bond acceptors (Lipinski definition) is 3. The number of carbonyl (C=O) groups is 2. The van der Waals surface area contributed by atoms with Gasteiger partial charge in [0.25, 0.3) is 0 Å². The Kier molecular flexibility index (Phi) is 4.82. The first-order valence-electron chi connectivity index (χ1n) is 6.37. The molecule has 1 aromatic rings. The van der Waals surface area contributed by atoms with Crippen molar-refractivity contribution in [1.82, 2.24) is 4.90 Å². The lowest BCUT2D eigenvalue weighted by atomic mass is 9.96. The average molecular weight is 301 g/mol. The summed E-state index contributed by atoms with van der Waals surface area (Å²) < 4.78 is 0.754. The van der Waals surface area contributed by atoms with Crippen molar-refractivity contribution in [2.75, 3.05) is 13.1 Å². The largest absolute Gasteiger partial charge is 0.369 e. The number of rotatable bonds is 4. The number of thiophene rings is 1. The Morgan fingerprint density at radius 3 is 2.58 bits per heavy atom. The number of carbonyl (C=O) groups excluding carboxylic acids is 2. The second-order valence-corrected chi connectivity index (χ2v) is 6.56. The van der Waals surface area contributed by atoms with Crippen LogP contribution in [0.1, 0.15) is 24.1 Å². The molecule has 0 aromatic carbocycles. The van der Waals surface area contributed by atoms with Crippen molar-refractivity contribution in [1.29, 1.82) is 0 Å². The van der Waals surface area contributed by atoms with Gasteiger partial charge in [0, 0.05) is 30.3 Å². The Bertz CT molecular complexity index is 467. The van der Waals surface area contributed by atoms with E-state index in [4.69, 9.17) is 17.3 Å². The maximum atomic E-state index is 12.0. The summed E-state index contributed by atoms with van der Waals surface area (Å²) in [4.78, 5) is 26.0. The van der Waals surface area contributed by atoms with Crippen molar-refractivity contribution in [2.24, 2.45) is 11.7 Å². The van der Waals surface area contributed by atoms with E-state index in [1.807, 2.05) is 17.0 Å². The second kappa shape index (κ2) is 6.39. The topological polar surface area (TPSA) is 63.4 Å². The molecular formula is C13H17ClN2O2S. The Morgan fingerprint density at radius 2 is 2.05 bits per heavy atom. The maximum absolute atomic E-state index is 12.0. The number of nitrogens with zero attached hydrogens (tertiary/aromatic N) is 1. The Balaban J connectivity index is 1.77. The first-order chi connectivity index (χ1) is 9.06. The molecule has 1 aromatic heterocycles. The van der Waals surface area contributed by atoms with Gasteiger partial charge in [-0.2, -0.15) is 0 Å². The lowest BCUT2D eigenvalue weighted by Gasteiger charge is -2.30. The predicted octanol–water partition coefficient (Wildman–Crippen LogP) is 2.06. The van der Waals surface area contributed by atoms with E-state index < -0.39 is 0 Å². The van der Waals surface area contributed by atoms with Crippen LogP contribution < -0.4 is 5.73 Å². The third-order valence-corrected chi connectivity index (χ3v) is 4.76. The molecule has 6 heteroatoms. The number of nitrogens with two attached hydrogens (primary N) is 1. The van der Waals surface area contributed by atoms with E-state index >= 15 is 0 Å². The van der Waals surface area contributed by atoms with Crippen molar-refractivity contribution in [2.45, 2.75) is 25.7 Å². The molecule has 2 rings (SSSR count). The van der Waals surface area contributed by atoms with Crippen LogP contribution in [0.25, 0.3) is 0 Å². The van der Waals surface area contributed by atoms with Crippen LogP contribution in [0.4, 0.5) is 0 Å². The second-order valence-electron chi connectivity index (χ2n) is 4.76. The van der Waals surface area contributed by atoms with Crippen LogP contribution in [0.3, 0.4) is 0 Å². The zero-order valence-corrected chi connectivity index (χ0v) is 12.2. The number of amides is 2. The van der Waals surface area contributed by atoms with Crippen molar-refractivity contribution in [3.8, 4) is 0 Å². The van der Waals surface area contributed by atoms with Gasteiger partial charge in [-0.15, -0.1) is 11.3 Å². The number of piperidine rings is 1. The lowest BCUT2D eigenvalue weighted by molar-refractivity contribution is -0.134.